The van der Waals surface area contributed by atoms with Gasteiger partial charge in [0.05, 0.1) is 0 Å². The molecule has 0 saturated carbocycles. The zero-order valence-electron chi connectivity index (χ0n) is 29.9. The van der Waals surface area contributed by atoms with Crippen LogP contribution in [0.5, 0.6) is 0 Å². The third-order valence-corrected chi connectivity index (χ3v) is 7.96. The van der Waals surface area contributed by atoms with Gasteiger partial charge < -0.3 is 9.84 Å². The Morgan fingerprint density at radius 2 is 0.891 bits per heavy atom. The summed E-state index contributed by atoms with van der Waals surface area (Å²) in [6, 6.07) is 0. The monoisotopic (exact) mass is 639 g/mol. The van der Waals surface area contributed by atoms with E-state index in [2.05, 4.69) is 86.8 Å². The Kier molecular flexibility index (Phi) is 34.7. The Labute approximate surface area is 284 Å². The molecular weight excluding hydrogens is 568 g/mol. The molecule has 0 aliphatic rings. The van der Waals surface area contributed by atoms with E-state index in [0.29, 0.717) is 19.3 Å². The molecule has 0 aromatic carbocycles. The summed E-state index contributed by atoms with van der Waals surface area (Å²) in [4.78, 5) is 23.4. The first-order chi connectivity index (χ1) is 22.6. The van der Waals surface area contributed by atoms with Crippen LogP contribution in [0.3, 0.4) is 0 Å². The topological polar surface area (TPSA) is 63.6 Å². The van der Waals surface area contributed by atoms with Crippen LogP contribution in [0.25, 0.3) is 0 Å². The van der Waals surface area contributed by atoms with E-state index < -0.39 is 5.97 Å². The summed E-state index contributed by atoms with van der Waals surface area (Å²) in [5, 5.41) is 8.93. The first-order valence-electron chi connectivity index (χ1n) is 18.9. The van der Waals surface area contributed by atoms with Crippen molar-refractivity contribution in [1.29, 1.82) is 0 Å². The molecule has 0 saturated heterocycles. The highest BCUT2D eigenvalue weighted by Crippen LogP contribution is 2.18. The highest BCUT2D eigenvalue weighted by Gasteiger charge is 2.14. The van der Waals surface area contributed by atoms with Crippen LogP contribution in [0.1, 0.15) is 174 Å². The summed E-state index contributed by atoms with van der Waals surface area (Å²) >= 11 is 0. The smallest absolute Gasteiger partial charge is 0.306 e. The molecule has 0 fully saturated rings. The highest BCUT2D eigenvalue weighted by molar-refractivity contribution is 5.69. The summed E-state index contributed by atoms with van der Waals surface area (Å²) in [6.45, 7) is 4.42. The number of aliphatic carboxylic acids is 1. The molecule has 4 nitrogen and oxygen atoms in total. The summed E-state index contributed by atoms with van der Waals surface area (Å²) in [7, 11) is 0. The number of allylic oxidation sites excluding steroid dienone is 12. The number of unbranched alkanes of at least 4 members (excludes halogenated alkanes) is 12. The van der Waals surface area contributed by atoms with Crippen LogP contribution in [0.4, 0.5) is 0 Å². The molecule has 0 amide bonds. The van der Waals surface area contributed by atoms with Crippen molar-refractivity contribution in [3.63, 3.8) is 0 Å². The number of carboxylic acid groups (broad SMARTS) is 1. The van der Waals surface area contributed by atoms with Gasteiger partial charge in [-0.15, -0.1) is 0 Å². The Morgan fingerprint density at radius 1 is 0.500 bits per heavy atom. The van der Waals surface area contributed by atoms with E-state index in [1.807, 2.05) is 0 Å². The van der Waals surface area contributed by atoms with Crippen molar-refractivity contribution >= 4 is 11.9 Å². The molecule has 1 unspecified atom stereocenters. The van der Waals surface area contributed by atoms with Gasteiger partial charge in [-0.05, 0) is 77.0 Å². The molecule has 0 aromatic heterocycles. The molecule has 0 spiro atoms. The van der Waals surface area contributed by atoms with Crippen molar-refractivity contribution in [3.8, 4) is 0 Å². The number of hydrogen-bond donors (Lipinski definition) is 1. The van der Waals surface area contributed by atoms with Gasteiger partial charge in [0.2, 0.25) is 0 Å². The average Bonchev–Trinajstić information content (AvgIpc) is 3.04. The fourth-order valence-electron chi connectivity index (χ4n) is 5.21. The molecule has 1 N–H and O–H groups in total. The zero-order chi connectivity index (χ0) is 33.6. The Hall–Kier alpha value is -2.62. The quantitative estimate of drug-likeness (QED) is 0.0441. The van der Waals surface area contributed by atoms with E-state index in [9.17, 15) is 9.59 Å². The van der Waals surface area contributed by atoms with Crippen molar-refractivity contribution in [1.82, 2.24) is 0 Å². The minimum Gasteiger partial charge on any atom is -0.481 e. The fraction of sp³-hybridized carbons (Fsp3) is 0.667. The van der Waals surface area contributed by atoms with E-state index in [1.54, 1.807) is 0 Å². The van der Waals surface area contributed by atoms with Crippen LogP contribution in [0.15, 0.2) is 72.9 Å². The maximum absolute atomic E-state index is 12.5. The lowest BCUT2D eigenvalue weighted by atomic mass is 10.0. The molecule has 0 heterocycles. The van der Waals surface area contributed by atoms with Crippen LogP contribution >= 0.6 is 0 Å². The molecule has 4 heteroatoms. The van der Waals surface area contributed by atoms with Gasteiger partial charge in [0, 0.05) is 12.8 Å². The average molecular weight is 639 g/mol. The Bertz CT molecular complexity index is 861. The van der Waals surface area contributed by atoms with Crippen LogP contribution in [0.2, 0.25) is 0 Å². The van der Waals surface area contributed by atoms with Crippen molar-refractivity contribution in [2.24, 2.45) is 0 Å². The summed E-state index contributed by atoms with van der Waals surface area (Å²) < 4.78 is 5.84. The number of rotatable bonds is 33. The highest BCUT2D eigenvalue weighted by atomic mass is 16.5. The molecule has 1 atom stereocenters. The lowest BCUT2D eigenvalue weighted by Crippen LogP contribution is -2.18. The van der Waals surface area contributed by atoms with E-state index >= 15 is 0 Å². The minimum atomic E-state index is -0.758. The van der Waals surface area contributed by atoms with Gasteiger partial charge in [0.15, 0.2) is 0 Å². The lowest BCUT2D eigenvalue weighted by Gasteiger charge is -2.18. The van der Waals surface area contributed by atoms with Crippen molar-refractivity contribution in [2.45, 2.75) is 180 Å². The summed E-state index contributed by atoms with van der Waals surface area (Å²) in [6.07, 6.45) is 52.0. The second-order valence-electron chi connectivity index (χ2n) is 12.4. The number of hydrogen-bond acceptors (Lipinski definition) is 3. The second kappa shape index (κ2) is 36.8. The predicted octanol–water partition coefficient (Wildman–Crippen LogP) is 13.1. The van der Waals surface area contributed by atoms with Gasteiger partial charge in [-0.1, -0.05) is 157 Å². The largest absolute Gasteiger partial charge is 0.481 e. The third kappa shape index (κ3) is 35.9. The van der Waals surface area contributed by atoms with E-state index in [4.69, 9.17) is 9.84 Å². The number of carbonyl (C=O) groups excluding carboxylic acids is 1. The minimum absolute atomic E-state index is 0.0882. The maximum Gasteiger partial charge on any atom is 0.306 e. The third-order valence-electron chi connectivity index (χ3n) is 7.96. The van der Waals surface area contributed by atoms with Gasteiger partial charge >= 0.3 is 11.9 Å². The van der Waals surface area contributed by atoms with Gasteiger partial charge in [0.25, 0.3) is 0 Å². The molecule has 0 radical (unpaired) electrons. The molecule has 0 bridgehead atoms. The molecule has 262 valence electrons. The number of carboxylic acids is 1. The van der Waals surface area contributed by atoms with Crippen LogP contribution in [0, 0.1) is 0 Å². The van der Waals surface area contributed by atoms with Gasteiger partial charge in [0.1, 0.15) is 6.10 Å². The fourth-order valence-corrected chi connectivity index (χ4v) is 5.21. The van der Waals surface area contributed by atoms with Crippen molar-refractivity contribution in [3.05, 3.63) is 72.9 Å². The number of esters is 1. The van der Waals surface area contributed by atoms with Crippen molar-refractivity contribution in [2.75, 3.05) is 0 Å². The summed E-state index contributed by atoms with van der Waals surface area (Å²) in [5.41, 5.74) is 0. The van der Waals surface area contributed by atoms with Gasteiger partial charge in [-0.2, -0.15) is 0 Å². The molecule has 46 heavy (non-hydrogen) atoms. The molecule has 0 aromatic rings. The number of ether oxygens (including phenoxy) is 1. The Morgan fingerprint density at radius 3 is 1.33 bits per heavy atom. The lowest BCUT2D eigenvalue weighted by molar-refractivity contribution is -0.150. The van der Waals surface area contributed by atoms with Crippen LogP contribution in [-0.2, 0) is 14.3 Å². The molecule has 0 aliphatic heterocycles. The van der Waals surface area contributed by atoms with Gasteiger partial charge in [-0.3, -0.25) is 9.59 Å². The van der Waals surface area contributed by atoms with Crippen LogP contribution < -0.4 is 0 Å². The molecular formula is C42H70O4. The first-order valence-corrected chi connectivity index (χ1v) is 18.9. The first kappa shape index (κ1) is 43.4. The second-order valence-corrected chi connectivity index (χ2v) is 12.4. The van der Waals surface area contributed by atoms with Crippen LogP contribution in [-0.4, -0.2) is 23.1 Å². The SMILES string of the molecule is CC/C=C\C/C=C\C/C=C\C/C=C\C/C=C\C/C=C\CCC(=O)OC(CCCCCCCCCCCCCC)CCCCC(=O)O. The normalized spacial score (nSPS) is 13.1. The van der Waals surface area contributed by atoms with E-state index in [-0.39, 0.29) is 18.5 Å². The van der Waals surface area contributed by atoms with E-state index in [0.717, 1.165) is 64.2 Å². The predicted molar refractivity (Wildman–Crippen MR) is 199 cm³/mol. The zero-order valence-corrected chi connectivity index (χ0v) is 29.9. The van der Waals surface area contributed by atoms with E-state index in [1.165, 1.54) is 70.6 Å². The summed E-state index contributed by atoms with van der Waals surface area (Å²) in [5.74, 6) is -0.896. The standard InChI is InChI=1S/C42H70O4/c1-3-5-7-9-11-13-15-17-18-19-20-21-22-23-25-27-29-31-33-39-42(45)46-40(37-34-35-38-41(43)44)36-32-30-28-26-24-16-14-12-10-8-6-4-2/h5,7,11,13,17-18,20-21,23,25,29,31,40H,3-4,6,8-10,12,14-16,19,22,24,26-28,30,32-39H2,1-2H3,(H,43,44)/b7-5-,13-11-,18-17-,21-20-,25-23-,31-29-. The molecule has 0 aliphatic carbocycles. The van der Waals surface area contributed by atoms with Crippen molar-refractivity contribution < 1.29 is 19.4 Å². The maximum atomic E-state index is 12.5. The number of carbonyl (C=O) groups is 2. The van der Waals surface area contributed by atoms with Gasteiger partial charge in [-0.25, -0.2) is 0 Å². The molecule has 0 rings (SSSR count). The Balaban J connectivity index is 4.07.